The average Bonchev–Trinajstić information content (AvgIpc) is 2.93. The monoisotopic (exact) mass is 342 g/mol. The summed E-state index contributed by atoms with van der Waals surface area (Å²) in [6.07, 6.45) is 0.238. The van der Waals surface area contributed by atoms with E-state index < -0.39 is 0 Å². The molecule has 0 aromatic heterocycles. The van der Waals surface area contributed by atoms with Crippen LogP contribution in [0.3, 0.4) is 0 Å². The van der Waals surface area contributed by atoms with Gasteiger partial charge < -0.3 is 10.2 Å². The zero-order chi connectivity index (χ0) is 17.1. The van der Waals surface area contributed by atoms with Gasteiger partial charge in [0.25, 0.3) is 0 Å². The van der Waals surface area contributed by atoms with Crippen LogP contribution in [0.4, 0.5) is 5.69 Å². The van der Waals surface area contributed by atoms with E-state index in [2.05, 4.69) is 5.32 Å². The second-order valence-electron chi connectivity index (χ2n) is 6.08. The quantitative estimate of drug-likeness (QED) is 0.922. The third-order valence-corrected chi connectivity index (χ3v) is 4.59. The minimum absolute atomic E-state index is 0.00915. The molecule has 2 aromatic rings. The molecule has 1 fully saturated rings. The Hall–Kier alpha value is -2.33. The number of aryl methyl sites for hydroxylation is 1. The van der Waals surface area contributed by atoms with Crippen molar-refractivity contribution in [1.29, 1.82) is 0 Å². The highest BCUT2D eigenvalue weighted by Crippen LogP contribution is 2.27. The van der Waals surface area contributed by atoms with E-state index in [1.165, 1.54) is 0 Å². The molecule has 0 unspecified atom stereocenters. The van der Waals surface area contributed by atoms with Gasteiger partial charge >= 0.3 is 0 Å². The minimum Gasteiger partial charge on any atom is -0.338 e. The molecule has 0 bridgehead atoms. The number of amides is 2. The van der Waals surface area contributed by atoms with Crippen molar-refractivity contribution in [2.75, 3.05) is 11.9 Å². The Morgan fingerprint density at radius 2 is 1.96 bits per heavy atom. The van der Waals surface area contributed by atoms with Crippen LogP contribution in [0.2, 0.25) is 5.02 Å². The van der Waals surface area contributed by atoms with Crippen molar-refractivity contribution in [3.8, 4) is 0 Å². The maximum atomic E-state index is 12.5. The van der Waals surface area contributed by atoms with Crippen LogP contribution in [0.25, 0.3) is 0 Å². The predicted molar refractivity (Wildman–Crippen MR) is 94.8 cm³/mol. The van der Waals surface area contributed by atoms with E-state index in [1.54, 1.807) is 11.0 Å². The first-order valence-corrected chi connectivity index (χ1v) is 8.30. The minimum atomic E-state index is -0.350. The number of hydrogen-bond acceptors (Lipinski definition) is 2. The highest BCUT2D eigenvalue weighted by atomic mass is 35.5. The fourth-order valence-electron chi connectivity index (χ4n) is 2.92. The number of nitrogens with one attached hydrogen (secondary N) is 1. The van der Waals surface area contributed by atoms with Crippen molar-refractivity contribution in [3.63, 3.8) is 0 Å². The highest BCUT2D eigenvalue weighted by Gasteiger charge is 2.34. The Bertz CT molecular complexity index is 741. The molecule has 1 heterocycles. The number of carbonyl (C=O) groups is 2. The molecule has 1 atom stereocenters. The normalized spacial score (nSPS) is 17.2. The third kappa shape index (κ3) is 3.60. The number of anilines is 1. The van der Waals surface area contributed by atoms with Crippen LogP contribution < -0.4 is 5.32 Å². The lowest BCUT2D eigenvalue weighted by atomic mass is 10.1. The molecule has 4 nitrogen and oxygen atoms in total. The molecule has 24 heavy (non-hydrogen) atoms. The van der Waals surface area contributed by atoms with Gasteiger partial charge in [-0.15, -0.1) is 0 Å². The number of rotatable bonds is 4. The van der Waals surface area contributed by atoms with Gasteiger partial charge in [-0.3, -0.25) is 9.59 Å². The molecule has 0 aliphatic carbocycles. The lowest BCUT2D eigenvalue weighted by molar-refractivity contribution is -0.128. The van der Waals surface area contributed by atoms with Crippen LogP contribution in [0, 0.1) is 12.8 Å². The number of likely N-dealkylation sites (tertiary alicyclic amines) is 1. The molecule has 0 radical (unpaired) electrons. The SMILES string of the molecule is Cc1cccc(Cl)c1NC(=O)[C@@H]1CC(=O)N(Cc2ccccc2)C1. The van der Waals surface area contributed by atoms with Crippen molar-refractivity contribution >= 4 is 29.1 Å². The molecular formula is C19H19ClN2O2. The molecule has 0 saturated carbocycles. The second kappa shape index (κ2) is 7.05. The predicted octanol–water partition coefficient (Wildman–Crippen LogP) is 3.64. The van der Waals surface area contributed by atoms with Crippen molar-refractivity contribution in [2.24, 2.45) is 5.92 Å². The van der Waals surface area contributed by atoms with Gasteiger partial charge in [-0.1, -0.05) is 54.1 Å². The van der Waals surface area contributed by atoms with Crippen LogP contribution >= 0.6 is 11.6 Å². The molecule has 2 amide bonds. The first kappa shape index (κ1) is 16.5. The second-order valence-corrected chi connectivity index (χ2v) is 6.49. The van der Waals surface area contributed by atoms with Gasteiger partial charge in [0.2, 0.25) is 11.8 Å². The highest BCUT2D eigenvalue weighted by molar-refractivity contribution is 6.34. The summed E-state index contributed by atoms with van der Waals surface area (Å²) in [6, 6.07) is 15.3. The zero-order valence-electron chi connectivity index (χ0n) is 13.5. The molecule has 2 aromatic carbocycles. The maximum absolute atomic E-state index is 12.5. The molecule has 1 saturated heterocycles. The van der Waals surface area contributed by atoms with Crippen molar-refractivity contribution < 1.29 is 9.59 Å². The Labute approximate surface area is 146 Å². The van der Waals surface area contributed by atoms with Gasteiger partial charge in [0.1, 0.15) is 0 Å². The fraction of sp³-hybridized carbons (Fsp3) is 0.263. The summed E-state index contributed by atoms with van der Waals surface area (Å²) in [6.45, 7) is 2.86. The fourth-order valence-corrected chi connectivity index (χ4v) is 3.19. The number of halogens is 1. The lowest BCUT2D eigenvalue weighted by Crippen LogP contribution is -2.28. The first-order chi connectivity index (χ1) is 11.5. The Morgan fingerprint density at radius 1 is 1.21 bits per heavy atom. The van der Waals surface area contributed by atoms with Crippen LogP contribution in [-0.2, 0) is 16.1 Å². The smallest absolute Gasteiger partial charge is 0.229 e. The van der Waals surface area contributed by atoms with Gasteiger partial charge in [-0.25, -0.2) is 0 Å². The Kier molecular flexibility index (Phi) is 4.86. The van der Waals surface area contributed by atoms with Gasteiger partial charge in [0.05, 0.1) is 16.6 Å². The van der Waals surface area contributed by atoms with Crippen LogP contribution in [0.15, 0.2) is 48.5 Å². The van der Waals surface area contributed by atoms with Gasteiger partial charge in [0.15, 0.2) is 0 Å². The average molecular weight is 343 g/mol. The maximum Gasteiger partial charge on any atom is 0.229 e. The largest absolute Gasteiger partial charge is 0.338 e. The van der Waals surface area contributed by atoms with E-state index in [-0.39, 0.29) is 24.2 Å². The number of nitrogens with zero attached hydrogens (tertiary/aromatic N) is 1. The molecule has 3 rings (SSSR count). The van der Waals surface area contributed by atoms with E-state index in [0.717, 1.165) is 11.1 Å². The van der Waals surface area contributed by atoms with Crippen molar-refractivity contribution in [1.82, 2.24) is 4.90 Å². The van der Waals surface area contributed by atoms with E-state index in [0.29, 0.717) is 23.8 Å². The van der Waals surface area contributed by atoms with Gasteiger partial charge in [0, 0.05) is 19.5 Å². The zero-order valence-corrected chi connectivity index (χ0v) is 14.2. The molecule has 1 aliphatic rings. The molecule has 5 heteroatoms. The summed E-state index contributed by atoms with van der Waals surface area (Å²) >= 11 is 6.15. The van der Waals surface area contributed by atoms with Gasteiger partial charge in [-0.2, -0.15) is 0 Å². The third-order valence-electron chi connectivity index (χ3n) is 4.27. The van der Waals surface area contributed by atoms with Crippen LogP contribution in [0.5, 0.6) is 0 Å². The lowest BCUT2D eigenvalue weighted by Gasteiger charge is -2.17. The molecule has 124 valence electrons. The van der Waals surface area contributed by atoms with Crippen molar-refractivity contribution in [3.05, 3.63) is 64.7 Å². The Morgan fingerprint density at radius 3 is 2.67 bits per heavy atom. The topological polar surface area (TPSA) is 49.4 Å². The van der Waals surface area contributed by atoms with Gasteiger partial charge in [-0.05, 0) is 24.1 Å². The van der Waals surface area contributed by atoms with E-state index in [4.69, 9.17) is 11.6 Å². The molecule has 1 N–H and O–H groups in total. The molecule has 0 spiro atoms. The number of hydrogen-bond donors (Lipinski definition) is 1. The van der Waals surface area contributed by atoms with Crippen molar-refractivity contribution in [2.45, 2.75) is 19.9 Å². The summed E-state index contributed by atoms with van der Waals surface area (Å²) in [4.78, 5) is 26.4. The summed E-state index contributed by atoms with van der Waals surface area (Å²) in [5.74, 6) is -0.498. The first-order valence-electron chi connectivity index (χ1n) is 7.92. The molecular weight excluding hydrogens is 324 g/mol. The number of carbonyl (C=O) groups excluding carboxylic acids is 2. The summed E-state index contributed by atoms with van der Waals surface area (Å²) in [5, 5.41) is 3.38. The standard InChI is InChI=1S/C19H19ClN2O2/c1-13-6-5-9-16(20)18(13)21-19(24)15-10-17(23)22(12-15)11-14-7-3-2-4-8-14/h2-9,15H,10-12H2,1H3,(H,21,24)/t15-/m1/s1. The van der Waals surface area contributed by atoms with E-state index in [9.17, 15) is 9.59 Å². The Balaban J connectivity index is 1.66. The number of para-hydroxylation sites is 1. The summed E-state index contributed by atoms with van der Waals surface area (Å²) in [5.41, 5.74) is 2.59. The van der Waals surface area contributed by atoms with E-state index in [1.807, 2.05) is 49.4 Å². The van der Waals surface area contributed by atoms with Crippen LogP contribution in [0.1, 0.15) is 17.5 Å². The van der Waals surface area contributed by atoms with E-state index >= 15 is 0 Å². The summed E-state index contributed by atoms with van der Waals surface area (Å²) in [7, 11) is 0. The number of benzene rings is 2. The van der Waals surface area contributed by atoms with Crippen LogP contribution in [-0.4, -0.2) is 23.3 Å². The molecule has 1 aliphatic heterocycles. The summed E-state index contributed by atoms with van der Waals surface area (Å²) < 4.78 is 0.